The summed E-state index contributed by atoms with van der Waals surface area (Å²) < 4.78 is 1.74. The Morgan fingerprint density at radius 1 is 1.15 bits per heavy atom. The molecule has 0 spiro atoms. The van der Waals surface area contributed by atoms with Gasteiger partial charge in [-0.25, -0.2) is 4.68 Å². The van der Waals surface area contributed by atoms with E-state index in [-0.39, 0.29) is 11.9 Å². The Morgan fingerprint density at radius 2 is 1.85 bits per heavy atom. The Hall–Kier alpha value is -2.59. The molecule has 1 unspecified atom stereocenters. The second-order valence-electron chi connectivity index (χ2n) is 6.68. The molecule has 132 valence electrons. The number of carbonyl (C=O) groups is 1. The highest BCUT2D eigenvalue weighted by Crippen LogP contribution is 2.36. The van der Waals surface area contributed by atoms with Crippen LogP contribution in [-0.4, -0.2) is 26.6 Å². The van der Waals surface area contributed by atoms with Crippen molar-refractivity contribution in [2.45, 2.75) is 31.8 Å². The molecule has 1 aromatic heterocycles. The summed E-state index contributed by atoms with van der Waals surface area (Å²) in [4.78, 5) is 15.2. The average molecular weight is 366 g/mol. The topological polar surface area (TPSA) is 38.1 Å². The minimum atomic E-state index is -0.00709. The third kappa shape index (κ3) is 3.37. The van der Waals surface area contributed by atoms with Crippen LogP contribution in [0.4, 0.5) is 0 Å². The van der Waals surface area contributed by atoms with E-state index in [1.165, 1.54) is 0 Å². The molecule has 0 aliphatic heterocycles. The van der Waals surface area contributed by atoms with Crippen molar-refractivity contribution in [2.24, 2.45) is 0 Å². The molecule has 1 heterocycles. The van der Waals surface area contributed by atoms with Crippen molar-refractivity contribution in [3.63, 3.8) is 0 Å². The van der Waals surface area contributed by atoms with Crippen molar-refractivity contribution in [1.82, 2.24) is 14.7 Å². The molecule has 4 nitrogen and oxygen atoms in total. The van der Waals surface area contributed by atoms with E-state index in [0.717, 1.165) is 24.1 Å². The fourth-order valence-corrected chi connectivity index (χ4v) is 3.34. The highest BCUT2D eigenvalue weighted by atomic mass is 35.5. The predicted molar refractivity (Wildman–Crippen MR) is 103 cm³/mol. The minimum Gasteiger partial charge on any atom is -0.329 e. The third-order valence-electron chi connectivity index (χ3n) is 4.79. The fraction of sp³-hybridized carbons (Fsp3) is 0.238. The zero-order chi connectivity index (χ0) is 18.1. The van der Waals surface area contributed by atoms with E-state index in [1.54, 1.807) is 10.9 Å². The first-order valence-corrected chi connectivity index (χ1v) is 9.19. The molecule has 5 heteroatoms. The molecule has 1 aliphatic rings. The van der Waals surface area contributed by atoms with Crippen molar-refractivity contribution >= 4 is 17.5 Å². The summed E-state index contributed by atoms with van der Waals surface area (Å²) in [7, 11) is 0. The number of nitrogens with zero attached hydrogens (tertiary/aromatic N) is 3. The Labute approximate surface area is 158 Å². The molecule has 1 atom stereocenters. The summed E-state index contributed by atoms with van der Waals surface area (Å²) in [6.07, 6.45) is 5.56. The maximum atomic E-state index is 13.2. The summed E-state index contributed by atoms with van der Waals surface area (Å²) in [5, 5.41) is 5.07. The van der Waals surface area contributed by atoms with E-state index in [0.29, 0.717) is 16.6 Å². The van der Waals surface area contributed by atoms with E-state index >= 15 is 0 Å². The molecule has 1 fully saturated rings. The first kappa shape index (κ1) is 16.9. The van der Waals surface area contributed by atoms with E-state index in [2.05, 4.69) is 12.0 Å². The summed E-state index contributed by atoms with van der Waals surface area (Å²) >= 11 is 6.00. The smallest absolute Gasteiger partial charge is 0.257 e. The number of halogens is 1. The lowest BCUT2D eigenvalue weighted by Crippen LogP contribution is -2.35. The van der Waals surface area contributed by atoms with Crippen LogP contribution in [0.25, 0.3) is 5.69 Å². The maximum absolute atomic E-state index is 13.2. The number of aromatic nitrogens is 2. The number of carbonyl (C=O) groups excluding carboxylic acids is 1. The Bertz CT molecular complexity index is 901. The quantitative estimate of drug-likeness (QED) is 0.645. The van der Waals surface area contributed by atoms with Crippen LogP contribution in [0.3, 0.4) is 0 Å². The number of hydrogen-bond donors (Lipinski definition) is 0. The number of para-hydroxylation sites is 1. The zero-order valence-electron chi connectivity index (χ0n) is 14.5. The molecular formula is C21H20ClN3O. The van der Waals surface area contributed by atoms with Crippen molar-refractivity contribution in [3.8, 4) is 5.69 Å². The van der Waals surface area contributed by atoms with Gasteiger partial charge in [-0.05, 0) is 49.6 Å². The molecule has 4 rings (SSSR count). The average Bonchev–Trinajstić information content (AvgIpc) is 3.37. The normalized spacial score (nSPS) is 14.8. The van der Waals surface area contributed by atoms with Gasteiger partial charge in [0, 0.05) is 17.3 Å². The molecule has 0 radical (unpaired) electrons. The summed E-state index contributed by atoms with van der Waals surface area (Å²) in [5.41, 5.74) is 2.64. The van der Waals surface area contributed by atoms with Gasteiger partial charge in [0.2, 0.25) is 0 Å². The SMILES string of the molecule is CC(c1ccc(Cl)cc1)N(C(=O)c1cnn(-c2ccccc2)c1)C1CC1. The van der Waals surface area contributed by atoms with Crippen LogP contribution >= 0.6 is 11.6 Å². The van der Waals surface area contributed by atoms with E-state index in [4.69, 9.17) is 11.6 Å². The van der Waals surface area contributed by atoms with Gasteiger partial charge in [0.15, 0.2) is 0 Å². The van der Waals surface area contributed by atoms with Gasteiger partial charge in [0.05, 0.1) is 23.5 Å². The summed E-state index contributed by atoms with van der Waals surface area (Å²) in [6, 6.07) is 17.8. The van der Waals surface area contributed by atoms with Crippen LogP contribution in [0.5, 0.6) is 0 Å². The van der Waals surface area contributed by atoms with Crippen LogP contribution in [-0.2, 0) is 0 Å². The Balaban J connectivity index is 1.60. The number of benzene rings is 2. The first-order chi connectivity index (χ1) is 12.6. The van der Waals surface area contributed by atoms with Crippen molar-refractivity contribution < 1.29 is 4.79 Å². The molecule has 1 amide bonds. The monoisotopic (exact) mass is 365 g/mol. The van der Waals surface area contributed by atoms with Crippen LogP contribution in [0.2, 0.25) is 5.02 Å². The number of hydrogen-bond acceptors (Lipinski definition) is 2. The Morgan fingerprint density at radius 3 is 2.50 bits per heavy atom. The van der Waals surface area contributed by atoms with Gasteiger partial charge >= 0.3 is 0 Å². The van der Waals surface area contributed by atoms with Gasteiger partial charge in [-0.2, -0.15) is 5.10 Å². The minimum absolute atomic E-state index is 0.00709. The predicted octanol–water partition coefficient (Wildman–Crippen LogP) is 4.89. The second kappa shape index (κ2) is 6.96. The number of rotatable bonds is 5. The molecule has 3 aromatic rings. The van der Waals surface area contributed by atoms with Crippen LogP contribution < -0.4 is 0 Å². The number of amides is 1. The van der Waals surface area contributed by atoms with Crippen LogP contribution in [0.15, 0.2) is 67.0 Å². The zero-order valence-corrected chi connectivity index (χ0v) is 15.3. The van der Waals surface area contributed by atoms with Gasteiger partial charge in [0.25, 0.3) is 5.91 Å². The second-order valence-corrected chi connectivity index (χ2v) is 7.12. The van der Waals surface area contributed by atoms with E-state index in [9.17, 15) is 4.79 Å². The van der Waals surface area contributed by atoms with Gasteiger partial charge < -0.3 is 4.90 Å². The molecular weight excluding hydrogens is 346 g/mol. The molecule has 1 saturated carbocycles. The standard InChI is InChI=1S/C21H20ClN3O/c1-15(16-7-9-18(22)10-8-16)25(20-11-12-20)21(26)17-13-23-24(14-17)19-5-3-2-4-6-19/h2-10,13-15,20H,11-12H2,1H3. The van der Waals surface area contributed by atoms with Gasteiger partial charge in [0.1, 0.15) is 0 Å². The molecule has 1 aliphatic carbocycles. The van der Waals surface area contributed by atoms with Crippen LogP contribution in [0, 0.1) is 0 Å². The van der Waals surface area contributed by atoms with Crippen LogP contribution in [0.1, 0.15) is 41.7 Å². The molecule has 0 bridgehead atoms. The van der Waals surface area contributed by atoms with Gasteiger partial charge in [-0.3, -0.25) is 4.79 Å². The highest BCUT2D eigenvalue weighted by Gasteiger charge is 2.37. The lowest BCUT2D eigenvalue weighted by molar-refractivity contribution is 0.0674. The molecule has 0 N–H and O–H groups in total. The molecule has 0 saturated heterocycles. The molecule has 2 aromatic carbocycles. The largest absolute Gasteiger partial charge is 0.329 e. The Kier molecular flexibility index (Phi) is 4.51. The van der Waals surface area contributed by atoms with E-state index in [1.807, 2.05) is 65.7 Å². The summed E-state index contributed by atoms with van der Waals surface area (Å²) in [5.74, 6) is 0.0251. The van der Waals surface area contributed by atoms with Gasteiger partial charge in [-0.1, -0.05) is 41.9 Å². The van der Waals surface area contributed by atoms with Crippen molar-refractivity contribution in [3.05, 3.63) is 83.1 Å². The first-order valence-electron chi connectivity index (χ1n) is 8.82. The maximum Gasteiger partial charge on any atom is 0.257 e. The third-order valence-corrected chi connectivity index (χ3v) is 5.05. The van der Waals surface area contributed by atoms with Crippen molar-refractivity contribution in [1.29, 1.82) is 0 Å². The highest BCUT2D eigenvalue weighted by molar-refractivity contribution is 6.30. The summed E-state index contributed by atoms with van der Waals surface area (Å²) in [6.45, 7) is 2.07. The fourth-order valence-electron chi connectivity index (χ4n) is 3.22. The lowest BCUT2D eigenvalue weighted by Gasteiger charge is -2.29. The van der Waals surface area contributed by atoms with Gasteiger partial charge in [-0.15, -0.1) is 0 Å². The molecule has 26 heavy (non-hydrogen) atoms. The van der Waals surface area contributed by atoms with E-state index < -0.39 is 0 Å². The van der Waals surface area contributed by atoms with Crippen molar-refractivity contribution in [2.75, 3.05) is 0 Å². The lowest BCUT2D eigenvalue weighted by atomic mass is 10.1.